The molecular formula is C25H22N4O3. The largest absolute Gasteiger partial charge is 0.350 e. The molecule has 0 aliphatic heterocycles. The van der Waals surface area contributed by atoms with Gasteiger partial charge in [-0.05, 0) is 43.3 Å². The third-order valence-electron chi connectivity index (χ3n) is 5.18. The lowest BCUT2D eigenvalue weighted by Gasteiger charge is -2.21. The zero-order chi connectivity index (χ0) is 22.7. The second-order valence-corrected chi connectivity index (χ2v) is 7.40. The first-order valence-electron chi connectivity index (χ1n) is 10.1. The molecule has 1 N–H and O–H groups in total. The Balaban J connectivity index is 1.68. The highest BCUT2D eigenvalue weighted by Crippen LogP contribution is 2.27. The highest BCUT2D eigenvalue weighted by atomic mass is 16.2. The molecular weight excluding hydrogens is 404 g/mol. The van der Waals surface area contributed by atoms with Crippen LogP contribution in [-0.4, -0.2) is 28.3 Å². The molecule has 0 fully saturated rings. The Bertz CT molecular complexity index is 1360. The van der Waals surface area contributed by atoms with E-state index in [4.69, 9.17) is 0 Å². The zero-order valence-corrected chi connectivity index (χ0v) is 17.8. The summed E-state index contributed by atoms with van der Waals surface area (Å²) in [6, 6.07) is 23.7. The minimum Gasteiger partial charge on any atom is -0.329 e. The monoisotopic (exact) mass is 426 g/mol. The maximum atomic E-state index is 12.9. The fourth-order valence-electron chi connectivity index (χ4n) is 3.55. The quantitative estimate of drug-likeness (QED) is 0.471. The molecule has 0 aliphatic carbocycles. The van der Waals surface area contributed by atoms with Crippen LogP contribution in [0.2, 0.25) is 0 Å². The van der Waals surface area contributed by atoms with E-state index in [1.54, 1.807) is 30.3 Å². The minimum atomic E-state index is -0.519. The number of hydrogen-bond acceptors (Lipinski definition) is 5. The summed E-state index contributed by atoms with van der Waals surface area (Å²) in [7, 11) is 1.85. The molecule has 0 saturated carbocycles. The van der Waals surface area contributed by atoms with Crippen molar-refractivity contribution in [2.45, 2.75) is 13.5 Å². The topological polar surface area (TPSA) is 84.3 Å². The van der Waals surface area contributed by atoms with E-state index in [0.717, 1.165) is 11.1 Å². The summed E-state index contributed by atoms with van der Waals surface area (Å²) in [6.45, 7) is 1.26. The average molecular weight is 426 g/mol. The Morgan fingerprint density at radius 3 is 2.44 bits per heavy atom. The fraction of sp³-hybridized carbons (Fsp3) is 0.120. The predicted molar refractivity (Wildman–Crippen MR) is 126 cm³/mol. The Morgan fingerprint density at radius 1 is 0.969 bits per heavy atom. The molecule has 0 aliphatic rings. The van der Waals surface area contributed by atoms with Gasteiger partial charge in [0.25, 0.3) is 0 Å². The molecule has 0 spiro atoms. The summed E-state index contributed by atoms with van der Waals surface area (Å²) in [5, 5.41) is 3.51. The molecule has 1 amide bonds. The van der Waals surface area contributed by atoms with Gasteiger partial charge >= 0.3 is 5.69 Å². The second-order valence-electron chi connectivity index (χ2n) is 7.40. The molecule has 0 radical (unpaired) electrons. The van der Waals surface area contributed by atoms with Crippen LogP contribution in [0.3, 0.4) is 0 Å². The average Bonchev–Trinajstić information content (AvgIpc) is 2.81. The van der Waals surface area contributed by atoms with E-state index in [2.05, 4.69) is 10.3 Å². The highest BCUT2D eigenvalue weighted by molar-refractivity contribution is 5.97. The molecule has 160 valence electrons. The SMILES string of the molecule is CC(=O)c1cccc(NC(=O)Cn2c(=O)nc(N(C)c3ccccc3)c3ccccc32)c1. The maximum absolute atomic E-state index is 12.9. The number of ketones is 1. The molecule has 0 bridgehead atoms. The number of benzene rings is 3. The van der Waals surface area contributed by atoms with Gasteiger partial charge in [-0.15, -0.1) is 0 Å². The van der Waals surface area contributed by atoms with Crippen LogP contribution in [0, 0.1) is 0 Å². The van der Waals surface area contributed by atoms with E-state index in [-0.39, 0.29) is 18.2 Å². The van der Waals surface area contributed by atoms with E-state index < -0.39 is 5.69 Å². The predicted octanol–water partition coefficient (Wildman–Crippen LogP) is 4.01. The molecule has 0 atom stereocenters. The van der Waals surface area contributed by atoms with E-state index in [1.165, 1.54) is 11.5 Å². The second kappa shape index (κ2) is 8.85. The van der Waals surface area contributed by atoms with Crippen LogP contribution >= 0.6 is 0 Å². The molecule has 4 aromatic rings. The first-order valence-corrected chi connectivity index (χ1v) is 10.1. The van der Waals surface area contributed by atoms with Crippen LogP contribution < -0.4 is 15.9 Å². The minimum absolute atomic E-state index is 0.0920. The van der Waals surface area contributed by atoms with E-state index in [1.807, 2.05) is 60.5 Å². The Hall–Kier alpha value is -4.26. The van der Waals surface area contributed by atoms with Gasteiger partial charge in [-0.1, -0.05) is 42.5 Å². The molecule has 1 aromatic heterocycles. The van der Waals surface area contributed by atoms with Gasteiger partial charge in [0.1, 0.15) is 12.4 Å². The van der Waals surface area contributed by atoms with Gasteiger partial charge in [0, 0.05) is 29.4 Å². The molecule has 3 aromatic carbocycles. The first-order chi connectivity index (χ1) is 15.4. The van der Waals surface area contributed by atoms with Gasteiger partial charge in [-0.25, -0.2) is 4.79 Å². The molecule has 1 heterocycles. The summed E-state index contributed by atoms with van der Waals surface area (Å²) in [5.74, 6) is 0.0390. The van der Waals surface area contributed by atoms with Crippen molar-refractivity contribution in [3.8, 4) is 0 Å². The van der Waals surface area contributed by atoms with Crippen molar-refractivity contribution in [3.63, 3.8) is 0 Å². The number of fused-ring (bicyclic) bond motifs is 1. The van der Waals surface area contributed by atoms with E-state index in [9.17, 15) is 14.4 Å². The number of rotatable bonds is 6. The lowest BCUT2D eigenvalue weighted by atomic mass is 10.1. The van der Waals surface area contributed by atoms with Crippen molar-refractivity contribution in [3.05, 3.63) is 94.9 Å². The summed E-state index contributed by atoms with van der Waals surface area (Å²) in [5.41, 5.74) is 1.98. The third-order valence-corrected chi connectivity index (χ3v) is 5.18. The summed E-state index contributed by atoms with van der Waals surface area (Å²) >= 11 is 0. The van der Waals surface area contributed by atoms with Crippen LogP contribution in [0.1, 0.15) is 17.3 Å². The molecule has 7 nitrogen and oxygen atoms in total. The summed E-state index contributed by atoms with van der Waals surface area (Å²) < 4.78 is 1.35. The van der Waals surface area contributed by atoms with Crippen molar-refractivity contribution < 1.29 is 9.59 Å². The van der Waals surface area contributed by atoms with Gasteiger partial charge in [0.05, 0.1) is 5.52 Å². The number of Topliss-reactive ketones (excluding diaryl/α,β-unsaturated/α-hetero) is 1. The van der Waals surface area contributed by atoms with Crippen molar-refractivity contribution >= 4 is 39.8 Å². The van der Waals surface area contributed by atoms with Crippen LogP contribution in [-0.2, 0) is 11.3 Å². The first kappa shape index (κ1) is 21.0. The lowest BCUT2D eigenvalue weighted by Crippen LogP contribution is -2.31. The third kappa shape index (κ3) is 4.27. The van der Waals surface area contributed by atoms with E-state index >= 15 is 0 Å². The Labute approximate surface area is 184 Å². The van der Waals surface area contributed by atoms with Crippen LogP contribution in [0.25, 0.3) is 10.9 Å². The highest BCUT2D eigenvalue weighted by Gasteiger charge is 2.16. The number of aromatic nitrogens is 2. The van der Waals surface area contributed by atoms with Crippen molar-refractivity contribution in [1.29, 1.82) is 0 Å². The number of anilines is 3. The number of carbonyl (C=O) groups excluding carboxylic acids is 2. The molecule has 32 heavy (non-hydrogen) atoms. The number of carbonyl (C=O) groups is 2. The van der Waals surface area contributed by atoms with Crippen LogP contribution in [0.15, 0.2) is 83.7 Å². The Morgan fingerprint density at radius 2 is 1.69 bits per heavy atom. The van der Waals surface area contributed by atoms with Gasteiger partial charge in [0.15, 0.2) is 5.78 Å². The normalized spacial score (nSPS) is 10.7. The number of hydrogen-bond donors (Lipinski definition) is 1. The van der Waals surface area contributed by atoms with Crippen LogP contribution in [0.4, 0.5) is 17.2 Å². The van der Waals surface area contributed by atoms with Crippen molar-refractivity contribution in [1.82, 2.24) is 9.55 Å². The molecule has 4 rings (SSSR count). The summed E-state index contributed by atoms with van der Waals surface area (Å²) in [4.78, 5) is 43.3. The van der Waals surface area contributed by atoms with Crippen molar-refractivity contribution in [2.75, 3.05) is 17.3 Å². The lowest BCUT2D eigenvalue weighted by molar-refractivity contribution is -0.116. The number of amides is 1. The molecule has 7 heteroatoms. The molecule has 0 unspecified atom stereocenters. The zero-order valence-electron chi connectivity index (χ0n) is 17.8. The maximum Gasteiger partial charge on any atom is 0.350 e. The molecule has 0 saturated heterocycles. The van der Waals surface area contributed by atoms with Gasteiger partial charge in [0.2, 0.25) is 5.91 Å². The fourth-order valence-corrected chi connectivity index (χ4v) is 3.55. The van der Waals surface area contributed by atoms with E-state index in [0.29, 0.717) is 22.6 Å². The van der Waals surface area contributed by atoms with Gasteiger partial charge < -0.3 is 10.2 Å². The number of para-hydroxylation sites is 2. The Kier molecular flexibility index (Phi) is 5.81. The smallest absolute Gasteiger partial charge is 0.329 e. The summed E-state index contributed by atoms with van der Waals surface area (Å²) in [6.07, 6.45) is 0. The standard InChI is InChI=1S/C25H22N4O3/c1-17(30)18-9-8-10-19(15-18)26-23(31)16-29-22-14-7-6-13-21(22)24(27-25(29)32)28(2)20-11-4-3-5-12-20/h3-15H,16H2,1-2H3,(H,26,31). The van der Waals surface area contributed by atoms with Gasteiger partial charge in [-0.2, -0.15) is 4.98 Å². The number of nitrogens with one attached hydrogen (secondary N) is 1. The van der Waals surface area contributed by atoms with Gasteiger partial charge in [-0.3, -0.25) is 14.2 Å². The van der Waals surface area contributed by atoms with Crippen molar-refractivity contribution in [2.24, 2.45) is 0 Å². The van der Waals surface area contributed by atoms with Crippen LogP contribution in [0.5, 0.6) is 0 Å². The number of nitrogens with zero attached hydrogens (tertiary/aromatic N) is 3.